The van der Waals surface area contributed by atoms with E-state index in [-0.39, 0.29) is 5.78 Å². The maximum Gasteiger partial charge on any atom is 0.305 e. The van der Waals surface area contributed by atoms with Crippen molar-refractivity contribution >= 4 is 17.7 Å². The van der Waals surface area contributed by atoms with Crippen LogP contribution in [0.4, 0.5) is 0 Å². The van der Waals surface area contributed by atoms with E-state index in [4.69, 9.17) is 15.6 Å². The van der Waals surface area contributed by atoms with Gasteiger partial charge in [0.15, 0.2) is 5.78 Å². The quantitative estimate of drug-likeness (QED) is 0.627. The summed E-state index contributed by atoms with van der Waals surface area (Å²) in [6.07, 6.45) is -0.191. The van der Waals surface area contributed by atoms with E-state index in [2.05, 4.69) is 5.32 Å². The second-order valence-corrected chi connectivity index (χ2v) is 4.93. The standard InChI is InChI=1S/C15H20N2O5/c1-9(18)13(17-15(21)12(16)8-14(19)20)7-10-3-5-11(22-2)6-4-10/h3-6,12-13H,7-8,16H2,1-2H3,(H,17,21)(H,19,20)/t12-,13-/m0/s1. The van der Waals surface area contributed by atoms with E-state index < -0.39 is 30.4 Å². The molecule has 0 aliphatic carbocycles. The normalized spacial score (nSPS) is 13.0. The van der Waals surface area contributed by atoms with Gasteiger partial charge in [0.2, 0.25) is 5.91 Å². The Morgan fingerprint density at radius 1 is 1.27 bits per heavy atom. The zero-order valence-electron chi connectivity index (χ0n) is 12.5. The van der Waals surface area contributed by atoms with Crippen LogP contribution in [0.25, 0.3) is 0 Å². The number of aliphatic carboxylic acids is 1. The summed E-state index contributed by atoms with van der Waals surface area (Å²) in [6.45, 7) is 1.36. The van der Waals surface area contributed by atoms with Gasteiger partial charge in [0, 0.05) is 0 Å². The molecule has 7 heteroatoms. The third-order valence-corrected chi connectivity index (χ3v) is 3.14. The number of ether oxygens (including phenoxy) is 1. The average Bonchev–Trinajstić information content (AvgIpc) is 2.46. The van der Waals surface area contributed by atoms with E-state index in [0.29, 0.717) is 12.2 Å². The molecule has 1 aromatic carbocycles. The monoisotopic (exact) mass is 308 g/mol. The number of carboxylic acid groups (broad SMARTS) is 1. The van der Waals surface area contributed by atoms with E-state index in [0.717, 1.165) is 5.56 Å². The van der Waals surface area contributed by atoms with Gasteiger partial charge in [-0.25, -0.2) is 0 Å². The molecule has 120 valence electrons. The van der Waals surface area contributed by atoms with Crippen LogP contribution in [-0.4, -0.2) is 42.0 Å². The fourth-order valence-corrected chi connectivity index (χ4v) is 1.85. The summed E-state index contributed by atoms with van der Waals surface area (Å²) in [5, 5.41) is 11.1. The molecule has 0 radical (unpaired) electrons. The molecule has 0 bridgehead atoms. The summed E-state index contributed by atoms with van der Waals surface area (Å²) >= 11 is 0. The molecule has 4 N–H and O–H groups in total. The summed E-state index contributed by atoms with van der Waals surface area (Å²) in [5.41, 5.74) is 6.32. The molecule has 0 aliphatic rings. The molecule has 0 aromatic heterocycles. The van der Waals surface area contributed by atoms with Crippen molar-refractivity contribution in [2.45, 2.75) is 31.8 Å². The fourth-order valence-electron chi connectivity index (χ4n) is 1.85. The van der Waals surface area contributed by atoms with Crippen LogP contribution in [0.3, 0.4) is 0 Å². The van der Waals surface area contributed by atoms with Gasteiger partial charge >= 0.3 is 5.97 Å². The van der Waals surface area contributed by atoms with Crippen LogP contribution < -0.4 is 15.8 Å². The molecule has 7 nitrogen and oxygen atoms in total. The van der Waals surface area contributed by atoms with Gasteiger partial charge in [-0.05, 0) is 31.0 Å². The van der Waals surface area contributed by atoms with Crippen LogP contribution in [0.5, 0.6) is 5.75 Å². The van der Waals surface area contributed by atoms with Gasteiger partial charge in [-0.15, -0.1) is 0 Å². The van der Waals surface area contributed by atoms with Crippen LogP contribution in [-0.2, 0) is 20.8 Å². The van der Waals surface area contributed by atoms with Gasteiger partial charge in [0.1, 0.15) is 5.75 Å². The summed E-state index contributed by atoms with van der Waals surface area (Å²) in [7, 11) is 1.55. The predicted molar refractivity (Wildman–Crippen MR) is 79.5 cm³/mol. The lowest BCUT2D eigenvalue weighted by molar-refractivity contribution is -0.139. The molecule has 0 heterocycles. The topological polar surface area (TPSA) is 119 Å². The second-order valence-electron chi connectivity index (χ2n) is 4.93. The van der Waals surface area contributed by atoms with E-state index >= 15 is 0 Å². The van der Waals surface area contributed by atoms with Crippen molar-refractivity contribution < 1.29 is 24.2 Å². The Kier molecular flexibility index (Phi) is 6.52. The van der Waals surface area contributed by atoms with Crippen LogP contribution in [0, 0.1) is 0 Å². The lowest BCUT2D eigenvalue weighted by Crippen LogP contribution is -2.49. The molecule has 0 fully saturated rings. The van der Waals surface area contributed by atoms with Gasteiger partial charge in [0.25, 0.3) is 0 Å². The zero-order valence-corrected chi connectivity index (χ0v) is 12.5. The Morgan fingerprint density at radius 3 is 2.32 bits per heavy atom. The number of amides is 1. The van der Waals surface area contributed by atoms with Crippen molar-refractivity contribution in [2.75, 3.05) is 7.11 Å². The Morgan fingerprint density at radius 2 is 1.86 bits per heavy atom. The van der Waals surface area contributed by atoms with Crippen molar-refractivity contribution in [3.63, 3.8) is 0 Å². The minimum Gasteiger partial charge on any atom is -0.497 e. The number of nitrogens with one attached hydrogen (secondary N) is 1. The number of carbonyl (C=O) groups excluding carboxylic acids is 2. The molecule has 0 aliphatic heterocycles. The predicted octanol–water partition coefficient (Wildman–Crippen LogP) is 0.114. The van der Waals surface area contributed by atoms with Crippen LogP contribution in [0.1, 0.15) is 18.9 Å². The molecule has 1 aromatic rings. The highest BCUT2D eigenvalue weighted by molar-refractivity contribution is 5.91. The molecule has 0 saturated heterocycles. The number of hydrogen-bond acceptors (Lipinski definition) is 5. The minimum atomic E-state index is -1.18. The summed E-state index contributed by atoms with van der Waals surface area (Å²) in [5.74, 6) is -1.37. The number of hydrogen-bond donors (Lipinski definition) is 3. The van der Waals surface area contributed by atoms with Gasteiger partial charge in [-0.3, -0.25) is 14.4 Å². The molecular weight excluding hydrogens is 288 g/mol. The first kappa shape index (κ1) is 17.6. The number of carbonyl (C=O) groups is 3. The van der Waals surface area contributed by atoms with Gasteiger partial charge in [-0.1, -0.05) is 12.1 Å². The van der Waals surface area contributed by atoms with E-state index in [1.54, 1.807) is 31.4 Å². The number of ketones is 1. The minimum absolute atomic E-state index is 0.230. The van der Waals surface area contributed by atoms with Gasteiger partial charge < -0.3 is 20.9 Å². The highest BCUT2D eigenvalue weighted by atomic mass is 16.5. The molecule has 1 amide bonds. The maximum absolute atomic E-state index is 11.8. The summed E-state index contributed by atoms with van der Waals surface area (Å²) in [6, 6.07) is 5.15. The van der Waals surface area contributed by atoms with Crippen molar-refractivity contribution in [2.24, 2.45) is 5.73 Å². The summed E-state index contributed by atoms with van der Waals surface area (Å²) in [4.78, 5) is 34.0. The highest BCUT2D eigenvalue weighted by Gasteiger charge is 2.23. The van der Waals surface area contributed by atoms with Gasteiger partial charge in [0.05, 0.1) is 25.6 Å². The third kappa shape index (κ3) is 5.53. The molecule has 1 rings (SSSR count). The van der Waals surface area contributed by atoms with Crippen LogP contribution in [0.15, 0.2) is 24.3 Å². The van der Waals surface area contributed by atoms with Crippen molar-refractivity contribution in [1.29, 1.82) is 0 Å². The largest absolute Gasteiger partial charge is 0.497 e. The fraction of sp³-hybridized carbons (Fsp3) is 0.400. The van der Waals surface area contributed by atoms with Crippen molar-refractivity contribution in [3.8, 4) is 5.75 Å². The smallest absolute Gasteiger partial charge is 0.305 e. The number of benzene rings is 1. The molecule has 0 unspecified atom stereocenters. The maximum atomic E-state index is 11.8. The summed E-state index contributed by atoms with van der Waals surface area (Å²) < 4.78 is 5.05. The first-order chi connectivity index (χ1) is 10.3. The lowest BCUT2D eigenvalue weighted by Gasteiger charge is -2.18. The molecule has 0 spiro atoms. The molecule has 22 heavy (non-hydrogen) atoms. The Bertz CT molecular complexity index is 541. The number of rotatable bonds is 8. The second kappa shape index (κ2) is 8.14. The van der Waals surface area contributed by atoms with E-state index in [1.165, 1.54) is 6.92 Å². The first-order valence-electron chi connectivity index (χ1n) is 6.74. The Hall–Kier alpha value is -2.41. The number of Topliss-reactive ketones (excluding diaryl/α,β-unsaturated/α-hetero) is 1. The Balaban J connectivity index is 2.70. The van der Waals surface area contributed by atoms with Crippen LogP contribution >= 0.6 is 0 Å². The van der Waals surface area contributed by atoms with Gasteiger partial charge in [-0.2, -0.15) is 0 Å². The zero-order chi connectivity index (χ0) is 16.7. The number of methoxy groups -OCH3 is 1. The molecular formula is C15H20N2O5. The third-order valence-electron chi connectivity index (χ3n) is 3.14. The van der Waals surface area contributed by atoms with Crippen LogP contribution in [0.2, 0.25) is 0 Å². The lowest BCUT2D eigenvalue weighted by atomic mass is 10.0. The van der Waals surface area contributed by atoms with Crippen molar-refractivity contribution in [3.05, 3.63) is 29.8 Å². The Labute approximate surface area is 128 Å². The number of nitrogens with two attached hydrogens (primary N) is 1. The highest BCUT2D eigenvalue weighted by Crippen LogP contribution is 2.13. The number of carboxylic acids is 1. The first-order valence-corrected chi connectivity index (χ1v) is 6.74. The average molecular weight is 308 g/mol. The molecule has 0 saturated carbocycles. The SMILES string of the molecule is COc1ccc(C[C@H](NC(=O)[C@@H](N)CC(=O)O)C(C)=O)cc1. The van der Waals surface area contributed by atoms with E-state index in [9.17, 15) is 14.4 Å². The van der Waals surface area contributed by atoms with E-state index in [1.807, 2.05) is 0 Å². The van der Waals surface area contributed by atoms with Crippen molar-refractivity contribution in [1.82, 2.24) is 5.32 Å². The molecule has 2 atom stereocenters.